The maximum Gasteiger partial charge on any atom is 0.267 e. The fourth-order valence-electron chi connectivity index (χ4n) is 1.50. The smallest absolute Gasteiger partial charge is 0.267 e. The number of nitrogens with one attached hydrogen (secondary N) is 1. The zero-order valence-corrected chi connectivity index (χ0v) is 12.0. The Bertz CT molecular complexity index is 580. The lowest BCUT2D eigenvalue weighted by Crippen LogP contribution is -2.10. The van der Waals surface area contributed by atoms with Gasteiger partial charge >= 0.3 is 0 Å². The number of carbonyl (C=O) groups is 1. The average molecular weight is 300 g/mol. The van der Waals surface area contributed by atoms with Crippen LogP contribution in [0.4, 0.5) is 5.69 Å². The Balaban J connectivity index is 2.18. The molecule has 0 saturated heterocycles. The highest BCUT2D eigenvalue weighted by Gasteiger charge is 2.14. The first-order valence-electron chi connectivity index (χ1n) is 5.31. The van der Waals surface area contributed by atoms with Crippen LogP contribution in [0, 0.1) is 6.92 Å². The van der Waals surface area contributed by atoms with Crippen molar-refractivity contribution in [3.63, 3.8) is 0 Å². The quantitative estimate of drug-likeness (QED) is 0.818. The van der Waals surface area contributed by atoms with Crippen molar-refractivity contribution in [3.8, 4) is 0 Å². The average Bonchev–Trinajstić information content (AvgIpc) is 2.70. The largest absolute Gasteiger partial charge is 0.321 e. The number of alkyl halides is 1. The molecule has 0 aliphatic heterocycles. The molecule has 1 aromatic carbocycles. The van der Waals surface area contributed by atoms with Crippen molar-refractivity contribution in [1.29, 1.82) is 0 Å². The molecular formula is C13H11Cl2NOS. The van der Waals surface area contributed by atoms with Crippen LogP contribution in [0.5, 0.6) is 0 Å². The first kappa shape index (κ1) is 13.4. The van der Waals surface area contributed by atoms with E-state index in [1.807, 2.05) is 36.6 Å². The SMILES string of the molecule is Cc1csc(C(=O)Nc2cccc(CCl)c2)c1Cl. The summed E-state index contributed by atoms with van der Waals surface area (Å²) in [7, 11) is 0. The fraction of sp³-hybridized carbons (Fsp3) is 0.154. The minimum atomic E-state index is -0.190. The lowest BCUT2D eigenvalue weighted by molar-refractivity contribution is 0.103. The van der Waals surface area contributed by atoms with E-state index in [1.165, 1.54) is 11.3 Å². The molecule has 1 aromatic heterocycles. The van der Waals surface area contributed by atoms with Crippen LogP contribution in [0.1, 0.15) is 20.8 Å². The Morgan fingerprint density at radius 1 is 1.44 bits per heavy atom. The second-order valence-corrected chi connectivity index (χ2v) is 5.37. The summed E-state index contributed by atoms with van der Waals surface area (Å²) in [5.74, 6) is 0.229. The Morgan fingerprint density at radius 3 is 2.83 bits per heavy atom. The van der Waals surface area contributed by atoms with Gasteiger partial charge in [0.1, 0.15) is 4.88 Å². The van der Waals surface area contributed by atoms with Crippen molar-refractivity contribution < 1.29 is 4.79 Å². The lowest BCUT2D eigenvalue weighted by atomic mass is 10.2. The number of hydrogen-bond acceptors (Lipinski definition) is 2. The Labute approximate surface area is 120 Å². The van der Waals surface area contributed by atoms with E-state index in [9.17, 15) is 4.79 Å². The molecule has 1 amide bonds. The van der Waals surface area contributed by atoms with Gasteiger partial charge in [0.25, 0.3) is 5.91 Å². The van der Waals surface area contributed by atoms with Gasteiger partial charge in [0.15, 0.2) is 0 Å². The summed E-state index contributed by atoms with van der Waals surface area (Å²) in [6.45, 7) is 1.88. The standard InChI is InChI=1S/C13H11Cl2NOS/c1-8-7-18-12(11(8)15)13(17)16-10-4-2-3-9(5-10)6-14/h2-5,7H,6H2,1H3,(H,16,17). The summed E-state index contributed by atoms with van der Waals surface area (Å²) in [6, 6.07) is 7.43. The lowest BCUT2D eigenvalue weighted by Gasteiger charge is -2.05. The zero-order valence-electron chi connectivity index (χ0n) is 9.67. The zero-order chi connectivity index (χ0) is 13.1. The van der Waals surface area contributed by atoms with Gasteiger partial charge in [-0.15, -0.1) is 22.9 Å². The van der Waals surface area contributed by atoms with Crippen molar-refractivity contribution in [2.75, 3.05) is 5.32 Å². The minimum Gasteiger partial charge on any atom is -0.321 e. The molecule has 5 heteroatoms. The van der Waals surface area contributed by atoms with E-state index in [0.717, 1.165) is 16.8 Å². The topological polar surface area (TPSA) is 29.1 Å². The van der Waals surface area contributed by atoms with Gasteiger partial charge in [-0.1, -0.05) is 23.7 Å². The summed E-state index contributed by atoms with van der Waals surface area (Å²) in [4.78, 5) is 12.6. The molecular weight excluding hydrogens is 289 g/mol. The highest BCUT2D eigenvalue weighted by molar-refractivity contribution is 7.13. The van der Waals surface area contributed by atoms with Crippen LogP contribution in [0.2, 0.25) is 5.02 Å². The van der Waals surface area contributed by atoms with Gasteiger partial charge in [0.2, 0.25) is 0 Å². The van der Waals surface area contributed by atoms with Crippen LogP contribution < -0.4 is 5.32 Å². The van der Waals surface area contributed by atoms with Gasteiger partial charge < -0.3 is 5.32 Å². The van der Waals surface area contributed by atoms with Crippen molar-refractivity contribution in [3.05, 3.63) is 50.7 Å². The van der Waals surface area contributed by atoms with E-state index in [2.05, 4.69) is 5.32 Å². The predicted octanol–water partition coefficient (Wildman–Crippen LogP) is 4.70. The molecule has 18 heavy (non-hydrogen) atoms. The molecule has 0 atom stereocenters. The number of halogens is 2. The van der Waals surface area contributed by atoms with Crippen LogP contribution in [-0.2, 0) is 5.88 Å². The molecule has 0 spiro atoms. The predicted molar refractivity (Wildman–Crippen MR) is 78.0 cm³/mol. The molecule has 2 nitrogen and oxygen atoms in total. The maximum absolute atomic E-state index is 12.0. The van der Waals surface area contributed by atoms with Crippen molar-refractivity contribution in [2.45, 2.75) is 12.8 Å². The third-order valence-corrected chi connectivity index (χ3v) is 4.45. The number of hydrogen-bond donors (Lipinski definition) is 1. The molecule has 0 bridgehead atoms. The van der Waals surface area contributed by atoms with Gasteiger partial charge in [0.05, 0.1) is 5.02 Å². The third-order valence-electron chi connectivity index (χ3n) is 2.44. The van der Waals surface area contributed by atoms with E-state index in [-0.39, 0.29) is 5.91 Å². The number of aryl methyl sites for hydroxylation is 1. The molecule has 0 aliphatic carbocycles. The molecule has 0 unspecified atom stereocenters. The first-order chi connectivity index (χ1) is 8.61. The van der Waals surface area contributed by atoms with Crippen molar-refractivity contribution in [1.82, 2.24) is 0 Å². The number of anilines is 1. The Kier molecular flexibility index (Phi) is 4.27. The van der Waals surface area contributed by atoms with Crippen LogP contribution in [0.25, 0.3) is 0 Å². The van der Waals surface area contributed by atoms with E-state index < -0.39 is 0 Å². The van der Waals surface area contributed by atoms with E-state index >= 15 is 0 Å². The molecule has 2 rings (SSSR count). The second kappa shape index (κ2) is 5.74. The molecule has 1 N–H and O–H groups in total. The van der Waals surface area contributed by atoms with Crippen molar-refractivity contribution in [2.24, 2.45) is 0 Å². The maximum atomic E-state index is 12.0. The summed E-state index contributed by atoms with van der Waals surface area (Å²) < 4.78 is 0. The number of thiophene rings is 1. The highest BCUT2D eigenvalue weighted by Crippen LogP contribution is 2.28. The van der Waals surface area contributed by atoms with E-state index in [1.54, 1.807) is 0 Å². The molecule has 0 radical (unpaired) electrons. The van der Waals surface area contributed by atoms with Crippen LogP contribution in [0.15, 0.2) is 29.6 Å². The summed E-state index contributed by atoms with van der Waals surface area (Å²) in [6.07, 6.45) is 0. The van der Waals surface area contributed by atoms with Gasteiger partial charge in [-0.3, -0.25) is 4.79 Å². The van der Waals surface area contributed by atoms with Gasteiger partial charge in [0, 0.05) is 11.6 Å². The van der Waals surface area contributed by atoms with E-state index in [0.29, 0.717) is 15.8 Å². The summed E-state index contributed by atoms with van der Waals surface area (Å²) in [5, 5.41) is 5.20. The fourth-order valence-corrected chi connectivity index (χ4v) is 2.84. The minimum absolute atomic E-state index is 0.190. The highest BCUT2D eigenvalue weighted by atomic mass is 35.5. The van der Waals surface area contributed by atoms with E-state index in [4.69, 9.17) is 23.2 Å². The number of rotatable bonds is 3. The third kappa shape index (κ3) is 2.86. The number of amides is 1. The van der Waals surface area contributed by atoms with Crippen LogP contribution in [-0.4, -0.2) is 5.91 Å². The second-order valence-electron chi connectivity index (χ2n) is 3.85. The van der Waals surface area contributed by atoms with Crippen molar-refractivity contribution >= 4 is 46.1 Å². The Hall–Kier alpha value is -1.03. The Morgan fingerprint density at radius 2 is 2.22 bits per heavy atom. The molecule has 0 fully saturated rings. The van der Waals surface area contributed by atoms with Gasteiger partial charge in [-0.25, -0.2) is 0 Å². The molecule has 2 aromatic rings. The number of carbonyl (C=O) groups excluding carboxylic acids is 1. The monoisotopic (exact) mass is 299 g/mol. The first-order valence-corrected chi connectivity index (χ1v) is 7.11. The summed E-state index contributed by atoms with van der Waals surface area (Å²) >= 11 is 13.1. The van der Waals surface area contributed by atoms with Gasteiger partial charge in [-0.05, 0) is 35.6 Å². The molecule has 94 valence electrons. The van der Waals surface area contributed by atoms with Gasteiger partial charge in [-0.2, -0.15) is 0 Å². The van der Waals surface area contributed by atoms with Crippen LogP contribution in [0.3, 0.4) is 0 Å². The summed E-state index contributed by atoms with van der Waals surface area (Å²) in [5.41, 5.74) is 2.60. The molecule has 1 heterocycles. The number of benzene rings is 1. The molecule has 0 saturated carbocycles. The van der Waals surface area contributed by atoms with Crippen LogP contribution >= 0.6 is 34.5 Å². The molecule has 0 aliphatic rings. The normalized spacial score (nSPS) is 10.4.